The van der Waals surface area contributed by atoms with Crippen LogP contribution in [0.25, 0.3) is 11.0 Å². The van der Waals surface area contributed by atoms with E-state index in [1.807, 2.05) is 0 Å². The number of nitrogens with two attached hydrogens (primary N) is 1. The normalized spacial score (nSPS) is 10.7. The number of nitro benzene ring substituents is 1. The number of fused-ring (bicyclic) bond motifs is 1. The maximum absolute atomic E-state index is 13.3. The summed E-state index contributed by atoms with van der Waals surface area (Å²) in [5, 5.41) is 11.2. The number of primary amides is 1. The molecule has 3 aromatic rings. The lowest BCUT2D eigenvalue weighted by Gasteiger charge is -2.22. The number of hydrogen-bond donors (Lipinski definition) is 1. The fourth-order valence-electron chi connectivity index (χ4n) is 3.71. The minimum Gasteiger partial charge on any atom is -0.497 e. The number of allylic oxidation sites excluding steroid dienone is 1. The Bertz CT molecular complexity index is 1340. The number of nitrogens with zero attached hydrogens (tertiary/aromatic N) is 4. The van der Waals surface area contributed by atoms with Gasteiger partial charge in [-0.25, -0.2) is 4.79 Å². The summed E-state index contributed by atoms with van der Waals surface area (Å²) >= 11 is 0. The molecule has 3 rings (SSSR count). The van der Waals surface area contributed by atoms with Crippen LogP contribution in [0.5, 0.6) is 11.5 Å². The Morgan fingerprint density at radius 3 is 2.31 bits per heavy atom. The van der Waals surface area contributed by atoms with Crippen molar-refractivity contribution in [3.63, 3.8) is 0 Å². The van der Waals surface area contributed by atoms with Crippen molar-refractivity contribution in [2.75, 3.05) is 20.8 Å². The van der Waals surface area contributed by atoms with Crippen molar-refractivity contribution in [1.82, 2.24) is 14.0 Å². The van der Waals surface area contributed by atoms with Gasteiger partial charge in [-0.05, 0) is 23.8 Å². The van der Waals surface area contributed by atoms with E-state index in [1.54, 1.807) is 18.2 Å². The van der Waals surface area contributed by atoms with Crippen LogP contribution in [0.15, 0.2) is 53.8 Å². The molecule has 1 heterocycles. The van der Waals surface area contributed by atoms with Crippen molar-refractivity contribution in [2.45, 2.75) is 19.6 Å². The van der Waals surface area contributed by atoms with Gasteiger partial charge in [0.05, 0.1) is 36.7 Å². The first-order valence-electron chi connectivity index (χ1n) is 10.4. The lowest BCUT2D eigenvalue weighted by atomic mass is 10.1. The number of methoxy groups -OCH3 is 2. The second-order valence-corrected chi connectivity index (χ2v) is 7.64. The first-order valence-corrected chi connectivity index (χ1v) is 10.4. The van der Waals surface area contributed by atoms with Crippen molar-refractivity contribution in [2.24, 2.45) is 5.73 Å². The second-order valence-electron chi connectivity index (χ2n) is 7.64. The summed E-state index contributed by atoms with van der Waals surface area (Å²) in [5.41, 5.74) is 5.87. The Balaban J connectivity index is 2.00. The third-order valence-corrected chi connectivity index (χ3v) is 5.30. The Kier molecular flexibility index (Phi) is 7.54. The molecule has 2 N–H and O–H groups in total. The van der Waals surface area contributed by atoms with Crippen molar-refractivity contribution in [3.8, 4) is 11.5 Å². The molecule has 0 aliphatic carbocycles. The van der Waals surface area contributed by atoms with Crippen LogP contribution in [0.4, 0.5) is 5.69 Å². The molecule has 12 nitrogen and oxygen atoms in total. The third kappa shape index (κ3) is 5.49. The summed E-state index contributed by atoms with van der Waals surface area (Å²) < 4.78 is 13.0. The molecule has 1 aromatic heterocycles. The molecule has 0 saturated heterocycles. The molecule has 12 heteroatoms. The number of non-ortho nitro benzene ring substituents is 1. The third-order valence-electron chi connectivity index (χ3n) is 5.30. The largest absolute Gasteiger partial charge is 0.497 e. The number of rotatable bonds is 11. The highest BCUT2D eigenvalue weighted by Gasteiger charge is 2.22. The Morgan fingerprint density at radius 2 is 1.77 bits per heavy atom. The van der Waals surface area contributed by atoms with E-state index in [0.29, 0.717) is 22.6 Å². The molecule has 0 saturated carbocycles. The number of imidazole rings is 1. The zero-order chi connectivity index (χ0) is 25.7. The topological polar surface area (TPSA) is 152 Å². The molecule has 0 atom stereocenters. The highest BCUT2D eigenvalue weighted by Crippen LogP contribution is 2.24. The monoisotopic (exact) mass is 483 g/mol. The van der Waals surface area contributed by atoms with E-state index in [4.69, 9.17) is 15.2 Å². The van der Waals surface area contributed by atoms with E-state index in [-0.39, 0.29) is 30.8 Å². The zero-order valence-corrected chi connectivity index (χ0v) is 19.3. The van der Waals surface area contributed by atoms with Crippen LogP contribution in [0, 0.1) is 10.1 Å². The summed E-state index contributed by atoms with van der Waals surface area (Å²) in [6.45, 7) is 2.91. The predicted octanol–water partition coefficient (Wildman–Crippen LogP) is 1.43. The molecule has 0 bridgehead atoms. The molecular weight excluding hydrogens is 458 g/mol. The van der Waals surface area contributed by atoms with E-state index < -0.39 is 29.0 Å². The first-order chi connectivity index (χ1) is 16.7. The molecule has 0 aliphatic heterocycles. The Hall–Kier alpha value is -4.61. The fourth-order valence-corrected chi connectivity index (χ4v) is 3.71. The highest BCUT2D eigenvalue weighted by atomic mass is 16.6. The smallest absolute Gasteiger partial charge is 0.329 e. The molecular formula is C23H25N5O7. The number of carbonyl (C=O) groups is 2. The Morgan fingerprint density at radius 1 is 1.11 bits per heavy atom. The van der Waals surface area contributed by atoms with Gasteiger partial charge >= 0.3 is 5.69 Å². The van der Waals surface area contributed by atoms with Crippen LogP contribution < -0.4 is 20.9 Å². The van der Waals surface area contributed by atoms with Crippen LogP contribution in [0.1, 0.15) is 5.56 Å². The SMILES string of the molecule is C=CCn1c(=O)n(CC(=O)N(CC(N)=O)Cc2cc(OC)cc(OC)c2)c2ccc([N+](=O)[O-])cc21. The first kappa shape index (κ1) is 25.0. The number of hydrogen-bond acceptors (Lipinski definition) is 7. The molecule has 35 heavy (non-hydrogen) atoms. The molecule has 0 fully saturated rings. The van der Waals surface area contributed by atoms with Crippen molar-refractivity contribution < 1.29 is 24.0 Å². The van der Waals surface area contributed by atoms with Gasteiger partial charge in [0.25, 0.3) is 5.69 Å². The molecule has 2 aromatic carbocycles. The van der Waals surface area contributed by atoms with Gasteiger partial charge in [0, 0.05) is 31.3 Å². The molecule has 0 aliphatic rings. The Labute approximate surface area is 199 Å². The molecule has 0 unspecified atom stereocenters. The zero-order valence-electron chi connectivity index (χ0n) is 19.3. The van der Waals surface area contributed by atoms with Gasteiger partial charge in [-0.1, -0.05) is 6.08 Å². The number of amides is 2. The van der Waals surface area contributed by atoms with Gasteiger partial charge in [0.1, 0.15) is 18.0 Å². The van der Waals surface area contributed by atoms with Gasteiger partial charge in [-0.2, -0.15) is 0 Å². The predicted molar refractivity (Wildman–Crippen MR) is 127 cm³/mol. The van der Waals surface area contributed by atoms with Gasteiger partial charge in [-0.15, -0.1) is 6.58 Å². The van der Waals surface area contributed by atoms with Crippen LogP contribution in [-0.4, -0.2) is 51.5 Å². The van der Waals surface area contributed by atoms with E-state index in [2.05, 4.69) is 6.58 Å². The maximum Gasteiger partial charge on any atom is 0.329 e. The van der Waals surface area contributed by atoms with E-state index in [1.165, 1.54) is 52.5 Å². The minimum atomic E-state index is -0.731. The number of nitro groups is 1. The molecule has 0 radical (unpaired) electrons. The molecule has 184 valence electrons. The summed E-state index contributed by atoms with van der Waals surface area (Å²) in [4.78, 5) is 49.9. The van der Waals surface area contributed by atoms with E-state index >= 15 is 0 Å². The lowest BCUT2D eigenvalue weighted by molar-refractivity contribution is -0.384. The minimum absolute atomic E-state index is 0.000848. The number of benzene rings is 2. The average molecular weight is 483 g/mol. The quantitative estimate of drug-likeness (QED) is 0.246. The van der Waals surface area contributed by atoms with Crippen LogP contribution >= 0.6 is 0 Å². The molecule has 0 spiro atoms. The van der Waals surface area contributed by atoms with Crippen molar-refractivity contribution in [1.29, 1.82) is 0 Å². The maximum atomic E-state index is 13.3. The second kappa shape index (κ2) is 10.5. The van der Waals surface area contributed by atoms with E-state index in [0.717, 1.165) is 0 Å². The van der Waals surface area contributed by atoms with E-state index in [9.17, 15) is 24.5 Å². The van der Waals surface area contributed by atoms with Gasteiger partial charge in [0.15, 0.2) is 0 Å². The van der Waals surface area contributed by atoms with Crippen molar-refractivity contribution in [3.05, 3.63) is 75.2 Å². The molecule has 2 amide bonds. The lowest BCUT2D eigenvalue weighted by Crippen LogP contribution is -2.41. The number of carbonyl (C=O) groups excluding carboxylic acids is 2. The summed E-state index contributed by atoms with van der Waals surface area (Å²) in [5.74, 6) is -0.291. The number of ether oxygens (including phenoxy) is 2. The number of aromatic nitrogens is 2. The average Bonchev–Trinajstić information content (AvgIpc) is 3.08. The summed E-state index contributed by atoms with van der Waals surface area (Å²) in [6, 6.07) is 8.97. The summed E-state index contributed by atoms with van der Waals surface area (Å²) in [6.07, 6.45) is 1.47. The van der Waals surface area contributed by atoms with Gasteiger partial charge in [-0.3, -0.25) is 28.8 Å². The highest BCUT2D eigenvalue weighted by molar-refractivity contribution is 5.85. The van der Waals surface area contributed by atoms with Gasteiger partial charge < -0.3 is 20.1 Å². The fraction of sp³-hybridized carbons (Fsp3) is 0.261. The summed E-state index contributed by atoms with van der Waals surface area (Å²) in [7, 11) is 2.97. The van der Waals surface area contributed by atoms with Crippen molar-refractivity contribution >= 4 is 28.5 Å². The standard InChI is InChI=1S/C23H25N5O7/c1-4-7-26-20-10-16(28(32)33)5-6-19(20)27(23(26)31)14-22(30)25(13-21(24)29)12-15-8-17(34-2)11-18(9-15)35-3/h4-6,8-11H,1,7,12-14H2,2-3H3,(H2,24,29). The van der Waals surface area contributed by atoms with Crippen LogP contribution in [0.3, 0.4) is 0 Å². The van der Waals surface area contributed by atoms with Crippen LogP contribution in [-0.2, 0) is 29.2 Å². The van der Waals surface area contributed by atoms with Gasteiger partial charge in [0.2, 0.25) is 11.8 Å². The van der Waals surface area contributed by atoms with Crippen LogP contribution in [0.2, 0.25) is 0 Å².